The number of carbonyl (C=O) groups excluding carboxylic acids is 1. The highest BCUT2D eigenvalue weighted by Gasteiger charge is 2.29. The van der Waals surface area contributed by atoms with Crippen LogP contribution in [-0.2, 0) is 26.6 Å². The topological polar surface area (TPSA) is 78.8 Å². The van der Waals surface area contributed by atoms with Crippen molar-refractivity contribution >= 4 is 16.9 Å². The number of amides is 1. The Hall–Kier alpha value is -2.67. The van der Waals surface area contributed by atoms with Crippen molar-refractivity contribution in [3.63, 3.8) is 0 Å². The van der Waals surface area contributed by atoms with Gasteiger partial charge in [0.25, 0.3) is 5.91 Å². The number of rotatable bonds is 4. The first-order valence-electron chi connectivity index (χ1n) is 10.2. The molecule has 1 saturated carbocycles. The van der Waals surface area contributed by atoms with Crippen LogP contribution in [0.1, 0.15) is 53.3 Å². The van der Waals surface area contributed by atoms with Crippen LogP contribution in [0.15, 0.2) is 24.3 Å². The van der Waals surface area contributed by atoms with Gasteiger partial charge < -0.3 is 10.3 Å². The van der Waals surface area contributed by atoms with Gasteiger partial charge in [0.15, 0.2) is 5.69 Å². The number of para-hydroxylation sites is 2. The van der Waals surface area contributed by atoms with Gasteiger partial charge in [0, 0.05) is 43.9 Å². The van der Waals surface area contributed by atoms with E-state index in [2.05, 4.69) is 20.3 Å². The van der Waals surface area contributed by atoms with Gasteiger partial charge in [0.2, 0.25) is 0 Å². The van der Waals surface area contributed by atoms with Gasteiger partial charge in [0.1, 0.15) is 5.82 Å². The molecule has 7 heteroatoms. The second-order valence-electron chi connectivity index (χ2n) is 8.01. The molecule has 2 N–H and O–H groups in total. The van der Waals surface area contributed by atoms with Gasteiger partial charge in [-0.25, -0.2) is 4.98 Å². The summed E-state index contributed by atoms with van der Waals surface area (Å²) in [6.45, 7) is 2.41. The van der Waals surface area contributed by atoms with Gasteiger partial charge in [-0.3, -0.25) is 14.4 Å². The number of aromatic amines is 1. The van der Waals surface area contributed by atoms with Crippen LogP contribution in [0.3, 0.4) is 0 Å². The van der Waals surface area contributed by atoms with E-state index in [1.54, 1.807) is 0 Å². The zero-order valence-electron chi connectivity index (χ0n) is 16.2. The lowest BCUT2D eigenvalue weighted by atomic mass is 10.0. The Morgan fingerprint density at radius 1 is 1.29 bits per heavy atom. The number of carbonyl (C=O) groups is 1. The lowest BCUT2D eigenvalue weighted by Crippen LogP contribution is -2.35. The van der Waals surface area contributed by atoms with E-state index >= 15 is 0 Å². The first-order chi connectivity index (χ1) is 13.7. The summed E-state index contributed by atoms with van der Waals surface area (Å²) in [5, 5.41) is 7.75. The minimum atomic E-state index is -0.0191. The van der Waals surface area contributed by atoms with E-state index < -0.39 is 0 Å². The van der Waals surface area contributed by atoms with Gasteiger partial charge in [-0.2, -0.15) is 5.10 Å². The quantitative estimate of drug-likeness (QED) is 0.731. The second kappa shape index (κ2) is 7.05. The number of fused-ring (bicyclic) bond motifs is 2. The van der Waals surface area contributed by atoms with Crippen molar-refractivity contribution in [2.24, 2.45) is 7.05 Å². The van der Waals surface area contributed by atoms with Gasteiger partial charge in [-0.1, -0.05) is 25.0 Å². The van der Waals surface area contributed by atoms with Gasteiger partial charge in [-0.15, -0.1) is 0 Å². The smallest absolute Gasteiger partial charge is 0.272 e. The number of hydrogen-bond donors (Lipinski definition) is 2. The zero-order valence-corrected chi connectivity index (χ0v) is 16.2. The summed E-state index contributed by atoms with van der Waals surface area (Å²) in [4.78, 5) is 23.3. The van der Waals surface area contributed by atoms with E-state index in [-0.39, 0.29) is 5.91 Å². The molecule has 1 aromatic carbocycles. The van der Waals surface area contributed by atoms with Crippen LogP contribution in [0.4, 0.5) is 0 Å². The van der Waals surface area contributed by atoms with Crippen LogP contribution in [-0.4, -0.2) is 43.1 Å². The number of aromatic nitrogens is 4. The maximum Gasteiger partial charge on any atom is 0.272 e. The van der Waals surface area contributed by atoms with Crippen molar-refractivity contribution in [2.75, 3.05) is 6.54 Å². The number of H-pyrrole nitrogens is 1. The van der Waals surface area contributed by atoms with E-state index in [4.69, 9.17) is 4.98 Å². The molecule has 0 radical (unpaired) electrons. The van der Waals surface area contributed by atoms with Crippen molar-refractivity contribution in [3.05, 3.63) is 47.0 Å². The molecule has 0 bridgehead atoms. The number of hydrogen-bond acceptors (Lipinski definition) is 4. The fourth-order valence-corrected chi connectivity index (χ4v) is 4.58. The third-order valence-electron chi connectivity index (χ3n) is 6.04. The Morgan fingerprint density at radius 2 is 2.11 bits per heavy atom. The first kappa shape index (κ1) is 17.4. The molecule has 3 aromatic rings. The van der Waals surface area contributed by atoms with Crippen LogP contribution in [0.5, 0.6) is 0 Å². The number of nitrogens with one attached hydrogen (secondary N) is 2. The molecule has 2 aliphatic rings. The normalized spacial score (nSPS) is 17.9. The Morgan fingerprint density at radius 3 is 2.93 bits per heavy atom. The maximum absolute atomic E-state index is 12.8. The predicted octanol–water partition coefficient (Wildman–Crippen LogP) is 2.53. The van der Waals surface area contributed by atoms with Gasteiger partial charge in [0.05, 0.1) is 17.6 Å². The maximum atomic E-state index is 12.8. The highest BCUT2D eigenvalue weighted by atomic mass is 16.2. The third-order valence-corrected chi connectivity index (χ3v) is 6.04. The summed E-state index contributed by atoms with van der Waals surface area (Å²) in [7, 11) is 1.94. The number of aryl methyl sites for hydroxylation is 1. The molecule has 1 fully saturated rings. The van der Waals surface area contributed by atoms with Crippen LogP contribution < -0.4 is 5.32 Å². The highest BCUT2D eigenvalue weighted by Crippen LogP contribution is 2.25. The highest BCUT2D eigenvalue weighted by molar-refractivity contribution is 5.94. The zero-order chi connectivity index (χ0) is 19.1. The van der Waals surface area contributed by atoms with Crippen LogP contribution in [0, 0.1) is 0 Å². The molecule has 3 heterocycles. The predicted molar refractivity (Wildman–Crippen MR) is 107 cm³/mol. The summed E-state index contributed by atoms with van der Waals surface area (Å²) < 4.78 is 1.89. The first-order valence-corrected chi connectivity index (χ1v) is 10.2. The Bertz CT molecular complexity index is 980. The average molecular weight is 378 g/mol. The summed E-state index contributed by atoms with van der Waals surface area (Å²) in [6, 6.07) is 8.40. The summed E-state index contributed by atoms with van der Waals surface area (Å²) in [6.07, 6.45) is 5.47. The second-order valence-corrected chi connectivity index (χ2v) is 8.01. The number of imidazole rings is 1. The molecule has 7 nitrogen and oxygen atoms in total. The molecular weight excluding hydrogens is 352 g/mol. The minimum absolute atomic E-state index is 0.0191. The number of benzene rings is 1. The molecule has 5 rings (SSSR count). The monoisotopic (exact) mass is 378 g/mol. The minimum Gasteiger partial charge on any atom is -0.348 e. The fraction of sp³-hybridized carbons (Fsp3) is 0.476. The molecule has 1 amide bonds. The summed E-state index contributed by atoms with van der Waals surface area (Å²) in [5.41, 5.74) is 4.90. The van der Waals surface area contributed by atoms with Gasteiger partial charge in [-0.05, 0) is 25.0 Å². The van der Waals surface area contributed by atoms with Crippen LogP contribution in [0.2, 0.25) is 0 Å². The molecule has 28 heavy (non-hydrogen) atoms. The lowest BCUT2D eigenvalue weighted by Gasteiger charge is -2.26. The van der Waals surface area contributed by atoms with E-state index in [1.165, 1.54) is 18.5 Å². The fourth-order valence-electron chi connectivity index (χ4n) is 4.58. The molecule has 2 aromatic heterocycles. The van der Waals surface area contributed by atoms with E-state index in [0.29, 0.717) is 11.7 Å². The van der Waals surface area contributed by atoms with Crippen molar-refractivity contribution < 1.29 is 4.79 Å². The van der Waals surface area contributed by atoms with Crippen LogP contribution >= 0.6 is 0 Å². The molecule has 0 unspecified atom stereocenters. The Labute approximate surface area is 164 Å². The Balaban J connectivity index is 1.34. The van der Waals surface area contributed by atoms with Gasteiger partial charge >= 0.3 is 0 Å². The van der Waals surface area contributed by atoms with Crippen molar-refractivity contribution in [3.8, 4) is 0 Å². The van der Waals surface area contributed by atoms with Crippen molar-refractivity contribution in [2.45, 2.75) is 51.2 Å². The SMILES string of the molecule is Cn1nc(C(=O)NC2CCCC2)c2c1CCN(Cc1nc3ccccc3[nH]1)C2. The third kappa shape index (κ3) is 3.20. The summed E-state index contributed by atoms with van der Waals surface area (Å²) in [5.74, 6) is 0.944. The van der Waals surface area contributed by atoms with Crippen molar-refractivity contribution in [1.82, 2.24) is 30.0 Å². The molecule has 0 saturated heterocycles. The largest absolute Gasteiger partial charge is 0.348 e. The standard InChI is InChI=1S/C21H26N6O/c1-26-18-10-11-27(13-19-23-16-8-4-5-9-17(16)24-19)12-15(18)20(25-26)21(28)22-14-6-2-3-7-14/h4-5,8-9,14H,2-3,6-7,10-13H2,1H3,(H,22,28)(H,23,24). The van der Waals surface area contributed by atoms with E-state index in [1.807, 2.05) is 36.0 Å². The molecule has 146 valence electrons. The number of nitrogens with zero attached hydrogens (tertiary/aromatic N) is 4. The van der Waals surface area contributed by atoms with Crippen molar-refractivity contribution in [1.29, 1.82) is 0 Å². The van der Waals surface area contributed by atoms with E-state index in [9.17, 15) is 4.79 Å². The molecule has 0 spiro atoms. The molecule has 1 aliphatic heterocycles. The molecule has 0 atom stereocenters. The average Bonchev–Trinajstić information content (AvgIpc) is 3.40. The molecular formula is C21H26N6O. The van der Waals surface area contributed by atoms with E-state index in [0.717, 1.165) is 61.3 Å². The Kier molecular flexibility index (Phi) is 4.39. The lowest BCUT2D eigenvalue weighted by molar-refractivity contribution is 0.0929. The summed E-state index contributed by atoms with van der Waals surface area (Å²) >= 11 is 0. The molecule has 1 aliphatic carbocycles. The van der Waals surface area contributed by atoms with Crippen LogP contribution in [0.25, 0.3) is 11.0 Å².